The Morgan fingerprint density at radius 3 is 1.53 bits per heavy atom. The number of benzene rings is 10. The Hall–Kier alpha value is -8.50. The highest BCUT2D eigenvalue weighted by Crippen LogP contribution is 2.58. The SMILES string of the molecule is c1ccc(-c2cccc(-c3cc(-c4ccc5sc6ccccc6c5c4)cc(-c4cc(-c5cccc6c5-c5ccccc5C6(c5ccccc5)c5ccccc5)nc(-c5ccccc5)n4)c3)c2)cc1. The normalized spacial score (nSPS) is 12.5. The van der Waals surface area contributed by atoms with Gasteiger partial charge in [-0.1, -0.05) is 206 Å². The standard InChI is InChI=1S/C65H42N2S/c1-5-19-43(20-6-1)45-23-17-24-46(37-45)48-38-49(47-35-36-62-56(41-47)53-29-14-16-34-61(53)68-62)40-50(39-48)59-42-60(67-64(66-59)44-21-7-2-8-22-44)55-31-18-33-58-63(55)54-30-13-15-32-57(54)65(58,51-25-9-3-10-26-51)52-27-11-4-12-28-52/h1-42H. The van der Waals surface area contributed by atoms with Gasteiger partial charge in [-0.2, -0.15) is 0 Å². The Balaban J connectivity index is 1.06. The molecule has 0 fully saturated rings. The van der Waals surface area contributed by atoms with Crippen LogP contribution in [0.25, 0.3) is 98.6 Å². The predicted octanol–water partition coefficient (Wildman–Crippen LogP) is 17.2. The summed E-state index contributed by atoms with van der Waals surface area (Å²) >= 11 is 1.85. The van der Waals surface area contributed by atoms with Crippen molar-refractivity contribution in [1.29, 1.82) is 0 Å². The summed E-state index contributed by atoms with van der Waals surface area (Å²) in [5, 5.41) is 2.56. The van der Waals surface area contributed by atoms with Gasteiger partial charge in [-0.3, -0.25) is 0 Å². The molecule has 3 heteroatoms. The maximum absolute atomic E-state index is 5.50. The van der Waals surface area contributed by atoms with Crippen molar-refractivity contribution in [1.82, 2.24) is 9.97 Å². The highest BCUT2D eigenvalue weighted by Gasteiger charge is 2.46. The number of rotatable bonds is 8. The highest BCUT2D eigenvalue weighted by atomic mass is 32.1. The molecule has 0 aliphatic heterocycles. The summed E-state index contributed by atoms with van der Waals surface area (Å²) in [6.07, 6.45) is 0. The summed E-state index contributed by atoms with van der Waals surface area (Å²) in [4.78, 5) is 11.0. The minimum atomic E-state index is -0.533. The lowest BCUT2D eigenvalue weighted by Gasteiger charge is -2.33. The largest absolute Gasteiger partial charge is 0.228 e. The second-order valence-electron chi connectivity index (χ2n) is 17.6. The van der Waals surface area contributed by atoms with Gasteiger partial charge < -0.3 is 0 Å². The van der Waals surface area contributed by atoms with Crippen LogP contribution in [0.2, 0.25) is 0 Å². The molecule has 2 heterocycles. The molecule has 0 radical (unpaired) electrons. The lowest BCUT2D eigenvalue weighted by atomic mass is 9.67. The van der Waals surface area contributed by atoms with E-state index in [1.165, 1.54) is 64.7 Å². The van der Waals surface area contributed by atoms with E-state index in [1.807, 2.05) is 11.3 Å². The smallest absolute Gasteiger partial charge is 0.160 e. The van der Waals surface area contributed by atoms with E-state index in [-0.39, 0.29) is 0 Å². The van der Waals surface area contributed by atoms with Crippen molar-refractivity contribution in [2.45, 2.75) is 5.41 Å². The maximum Gasteiger partial charge on any atom is 0.160 e. The van der Waals surface area contributed by atoms with Gasteiger partial charge >= 0.3 is 0 Å². The molecule has 0 atom stereocenters. The van der Waals surface area contributed by atoms with Gasteiger partial charge in [0.25, 0.3) is 0 Å². The van der Waals surface area contributed by atoms with Crippen LogP contribution in [-0.2, 0) is 5.41 Å². The summed E-state index contributed by atoms with van der Waals surface area (Å²) in [6, 6.07) is 92.5. The van der Waals surface area contributed by atoms with Crippen LogP contribution in [-0.4, -0.2) is 9.97 Å². The number of hydrogen-bond donors (Lipinski definition) is 0. The van der Waals surface area contributed by atoms with Gasteiger partial charge in [0, 0.05) is 36.9 Å². The Kier molecular flexibility index (Phi) is 9.62. The van der Waals surface area contributed by atoms with Gasteiger partial charge in [0.05, 0.1) is 16.8 Å². The molecule has 12 aromatic rings. The van der Waals surface area contributed by atoms with Crippen molar-refractivity contribution < 1.29 is 0 Å². The zero-order valence-electron chi connectivity index (χ0n) is 37.1. The molecular formula is C65H42N2S. The third-order valence-electron chi connectivity index (χ3n) is 13.8. The van der Waals surface area contributed by atoms with Crippen molar-refractivity contribution in [3.63, 3.8) is 0 Å². The zero-order chi connectivity index (χ0) is 45.0. The molecule has 1 aliphatic carbocycles. The fraction of sp³-hybridized carbons (Fsp3) is 0.0154. The summed E-state index contributed by atoms with van der Waals surface area (Å²) in [5.41, 5.74) is 18.6. The molecule has 10 aromatic carbocycles. The molecule has 2 aromatic heterocycles. The quantitative estimate of drug-likeness (QED) is 0.152. The molecule has 68 heavy (non-hydrogen) atoms. The molecule has 13 rings (SSSR count). The van der Waals surface area contributed by atoms with Crippen molar-refractivity contribution >= 4 is 31.5 Å². The Labute approximate surface area is 400 Å². The Morgan fingerprint density at radius 1 is 0.294 bits per heavy atom. The van der Waals surface area contributed by atoms with E-state index in [2.05, 4.69) is 255 Å². The molecule has 0 N–H and O–H groups in total. The summed E-state index contributed by atoms with van der Waals surface area (Å²) in [7, 11) is 0. The van der Waals surface area contributed by atoms with Gasteiger partial charge in [-0.25, -0.2) is 9.97 Å². The van der Waals surface area contributed by atoms with Gasteiger partial charge in [0.2, 0.25) is 0 Å². The van der Waals surface area contributed by atoms with E-state index in [0.29, 0.717) is 5.82 Å². The molecule has 0 saturated carbocycles. The zero-order valence-corrected chi connectivity index (χ0v) is 37.9. The van der Waals surface area contributed by atoms with Crippen LogP contribution in [0.4, 0.5) is 0 Å². The van der Waals surface area contributed by atoms with E-state index >= 15 is 0 Å². The van der Waals surface area contributed by atoms with Gasteiger partial charge in [-0.05, 0) is 115 Å². The molecule has 2 nitrogen and oxygen atoms in total. The van der Waals surface area contributed by atoms with Crippen molar-refractivity contribution in [3.8, 4) is 78.4 Å². The minimum Gasteiger partial charge on any atom is -0.228 e. The van der Waals surface area contributed by atoms with Crippen LogP contribution in [0.15, 0.2) is 255 Å². The fourth-order valence-corrected chi connectivity index (χ4v) is 11.8. The summed E-state index contributed by atoms with van der Waals surface area (Å²) < 4.78 is 2.59. The van der Waals surface area contributed by atoms with Crippen molar-refractivity contribution in [3.05, 3.63) is 277 Å². The van der Waals surface area contributed by atoms with Crippen LogP contribution < -0.4 is 0 Å². The molecular weight excluding hydrogens is 841 g/mol. The fourth-order valence-electron chi connectivity index (χ4n) is 10.7. The highest BCUT2D eigenvalue weighted by molar-refractivity contribution is 7.25. The lowest BCUT2D eigenvalue weighted by Crippen LogP contribution is -2.28. The second kappa shape index (κ2) is 16.4. The lowest BCUT2D eigenvalue weighted by molar-refractivity contribution is 0.768. The monoisotopic (exact) mass is 882 g/mol. The van der Waals surface area contributed by atoms with Crippen LogP contribution in [0.5, 0.6) is 0 Å². The number of nitrogens with zero attached hydrogens (tertiary/aromatic N) is 2. The predicted molar refractivity (Wildman–Crippen MR) is 285 cm³/mol. The number of thiophene rings is 1. The number of aromatic nitrogens is 2. The van der Waals surface area contributed by atoms with E-state index in [9.17, 15) is 0 Å². The third kappa shape index (κ3) is 6.62. The first kappa shape index (κ1) is 39.8. The molecule has 0 amide bonds. The van der Waals surface area contributed by atoms with Gasteiger partial charge in [0.1, 0.15) is 0 Å². The third-order valence-corrected chi connectivity index (χ3v) is 14.9. The summed E-state index contributed by atoms with van der Waals surface area (Å²) in [6.45, 7) is 0. The van der Waals surface area contributed by atoms with Crippen molar-refractivity contribution in [2.24, 2.45) is 0 Å². The van der Waals surface area contributed by atoms with Crippen LogP contribution in [0, 0.1) is 0 Å². The average molecular weight is 883 g/mol. The van der Waals surface area contributed by atoms with E-state index < -0.39 is 5.41 Å². The van der Waals surface area contributed by atoms with Gasteiger partial charge in [-0.15, -0.1) is 11.3 Å². The number of fused-ring (bicyclic) bond motifs is 6. The first-order valence-electron chi connectivity index (χ1n) is 23.2. The second-order valence-corrected chi connectivity index (χ2v) is 18.7. The van der Waals surface area contributed by atoms with E-state index in [0.717, 1.165) is 50.3 Å². The van der Waals surface area contributed by atoms with Crippen LogP contribution >= 0.6 is 11.3 Å². The molecule has 0 spiro atoms. The maximum atomic E-state index is 5.50. The topological polar surface area (TPSA) is 25.8 Å². The molecule has 1 aliphatic rings. The minimum absolute atomic E-state index is 0.533. The van der Waals surface area contributed by atoms with Crippen molar-refractivity contribution in [2.75, 3.05) is 0 Å². The molecule has 0 saturated heterocycles. The Bertz CT molecular complexity index is 3800. The van der Waals surface area contributed by atoms with Gasteiger partial charge in [0.15, 0.2) is 5.82 Å². The van der Waals surface area contributed by atoms with E-state index in [1.54, 1.807) is 0 Å². The first-order chi connectivity index (χ1) is 33.7. The molecule has 0 bridgehead atoms. The molecule has 318 valence electrons. The first-order valence-corrected chi connectivity index (χ1v) is 24.0. The van der Waals surface area contributed by atoms with Crippen LogP contribution in [0.1, 0.15) is 22.3 Å². The van der Waals surface area contributed by atoms with E-state index in [4.69, 9.17) is 9.97 Å². The average Bonchev–Trinajstić information content (AvgIpc) is 3.95. The van der Waals surface area contributed by atoms with Crippen LogP contribution in [0.3, 0.4) is 0 Å². The molecule has 0 unspecified atom stereocenters. The Morgan fingerprint density at radius 2 is 0.794 bits per heavy atom. The number of hydrogen-bond acceptors (Lipinski definition) is 3. The summed E-state index contributed by atoms with van der Waals surface area (Å²) in [5.74, 6) is 0.684.